The summed E-state index contributed by atoms with van der Waals surface area (Å²) < 4.78 is 5.37. The van der Waals surface area contributed by atoms with Crippen molar-refractivity contribution in [3.05, 3.63) is 29.3 Å². The van der Waals surface area contributed by atoms with Crippen molar-refractivity contribution in [1.29, 1.82) is 0 Å². The molecule has 0 aliphatic carbocycles. The summed E-state index contributed by atoms with van der Waals surface area (Å²) in [4.78, 5) is 0. The van der Waals surface area contributed by atoms with Gasteiger partial charge in [0.2, 0.25) is 0 Å². The maximum Gasteiger partial charge on any atom is 0.122 e. The van der Waals surface area contributed by atoms with Gasteiger partial charge in [-0.2, -0.15) is 0 Å². The molecule has 1 nitrogen and oxygen atoms in total. The molecule has 0 radical (unpaired) electrons. The van der Waals surface area contributed by atoms with Gasteiger partial charge in [-0.3, -0.25) is 0 Å². The van der Waals surface area contributed by atoms with E-state index in [1.807, 2.05) is 0 Å². The van der Waals surface area contributed by atoms with Gasteiger partial charge in [0.05, 0.1) is 7.11 Å². The van der Waals surface area contributed by atoms with E-state index in [-0.39, 0.29) is 0 Å². The van der Waals surface area contributed by atoms with Crippen LogP contribution in [0.5, 0.6) is 5.75 Å². The fourth-order valence-corrected chi connectivity index (χ4v) is 2.04. The second kappa shape index (κ2) is 6.02. The van der Waals surface area contributed by atoms with E-state index in [0.29, 0.717) is 11.8 Å². The zero-order chi connectivity index (χ0) is 11.3. The highest BCUT2D eigenvalue weighted by atomic mass is 35.5. The molecule has 1 rings (SSSR count). The Kier molecular flexibility index (Phi) is 4.97. The van der Waals surface area contributed by atoms with E-state index in [4.69, 9.17) is 16.3 Å². The molecule has 0 aromatic heterocycles. The highest BCUT2D eigenvalue weighted by Crippen LogP contribution is 2.30. The van der Waals surface area contributed by atoms with Crippen LogP contribution in [-0.4, -0.2) is 13.0 Å². The Morgan fingerprint density at radius 2 is 2.13 bits per heavy atom. The van der Waals surface area contributed by atoms with Crippen LogP contribution in [0.1, 0.15) is 37.3 Å². The van der Waals surface area contributed by atoms with Gasteiger partial charge in [-0.15, -0.1) is 11.6 Å². The predicted molar refractivity (Wildman–Crippen MR) is 66.1 cm³/mol. The molecule has 0 saturated heterocycles. The summed E-state index contributed by atoms with van der Waals surface area (Å²) in [5.41, 5.74) is 2.63. The average Bonchev–Trinajstić information content (AvgIpc) is 2.28. The van der Waals surface area contributed by atoms with Crippen molar-refractivity contribution in [3.8, 4) is 5.75 Å². The van der Waals surface area contributed by atoms with Crippen LogP contribution < -0.4 is 4.74 Å². The Morgan fingerprint density at radius 1 is 1.40 bits per heavy atom. The maximum atomic E-state index is 5.77. The fraction of sp³-hybridized carbons (Fsp3) is 0.538. The van der Waals surface area contributed by atoms with E-state index in [1.165, 1.54) is 11.1 Å². The van der Waals surface area contributed by atoms with E-state index >= 15 is 0 Å². The quantitative estimate of drug-likeness (QED) is 0.690. The van der Waals surface area contributed by atoms with Crippen LogP contribution in [0.4, 0.5) is 0 Å². The number of ether oxygens (including phenoxy) is 1. The SMILES string of the molecule is CCc1ccc(OC)c(C(C)CCCl)c1. The minimum atomic E-state index is 0.462. The van der Waals surface area contributed by atoms with Crippen LogP contribution in [0.3, 0.4) is 0 Å². The lowest BCUT2D eigenvalue weighted by Gasteiger charge is -2.15. The van der Waals surface area contributed by atoms with Crippen LogP contribution in [0.25, 0.3) is 0 Å². The highest BCUT2D eigenvalue weighted by molar-refractivity contribution is 6.17. The van der Waals surface area contributed by atoms with Gasteiger partial charge in [0.1, 0.15) is 5.75 Å². The summed E-state index contributed by atoms with van der Waals surface area (Å²) in [6, 6.07) is 6.41. The first-order chi connectivity index (χ1) is 7.22. The van der Waals surface area contributed by atoms with Gasteiger partial charge in [-0.05, 0) is 36.0 Å². The van der Waals surface area contributed by atoms with Crippen molar-refractivity contribution in [1.82, 2.24) is 0 Å². The van der Waals surface area contributed by atoms with E-state index in [2.05, 4.69) is 32.0 Å². The number of hydrogen-bond donors (Lipinski definition) is 0. The molecule has 1 aromatic rings. The smallest absolute Gasteiger partial charge is 0.122 e. The van der Waals surface area contributed by atoms with Gasteiger partial charge in [0, 0.05) is 5.88 Å². The molecule has 2 heteroatoms. The molecule has 0 aliphatic heterocycles. The van der Waals surface area contributed by atoms with Gasteiger partial charge in [0.25, 0.3) is 0 Å². The molecule has 0 fully saturated rings. The van der Waals surface area contributed by atoms with Crippen molar-refractivity contribution in [2.75, 3.05) is 13.0 Å². The third-order valence-corrected chi connectivity index (χ3v) is 2.99. The summed E-state index contributed by atoms with van der Waals surface area (Å²) in [5, 5.41) is 0. The van der Waals surface area contributed by atoms with Gasteiger partial charge < -0.3 is 4.74 Å². The molecule has 84 valence electrons. The molecule has 0 bridgehead atoms. The van der Waals surface area contributed by atoms with Crippen molar-refractivity contribution >= 4 is 11.6 Å². The van der Waals surface area contributed by atoms with Gasteiger partial charge in [0.15, 0.2) is 0 Å². The highest BCUT2D eigenvalue weighted by Gasteiger charge is 2.11. The van der Waals surface area contributed by atoms with Crippen LogP contribution in [-0.2, 0) is 6.42 Å². The normalized spacial score (nSPS) is 12.5. The van der Waals surface area contributed by atoms with Gasteiger partial charge >= 0.3 is 0 Å². The predicted octanol–water partition coefficient (Wildman–Crippen LogP) is 3.99. The molecule has 1 unspecified atom stereocenters. The molecule has 1 atom stereocenters. The van der Waals surface area contributed by atoms with Gasteiger partial charge in [-0.25, -0.2) is 0 Å². The zero-order valence-corrected chi connectivity index (χ0v) is 10.5. The maximum absolute atomic E-state index is 5.77. The summed E-state index contributed by atoms with van der Waals surface area (Å²) in [7, 11) is 1.72. The minimum absolute atomic E-state index is 0.462. The lowest BCUT2D eigenvalue weighted by Crippen LogP contribution is -1.99. The molecule has 0 amide bonds. The molecule has 0 aliphatic rings. The second-order valence-corrected chi connectivity index (χ2v) is 4.19. The Labute approximate surface area is 97.4 Å². The van der Waals surface area contributed by atoms with Crippen molar-refractivity contribution in [2.24, 2.45) is 0 Å². The lowest BCUT2D eigenvalue weighted by atomic mass is 9.95. The molecular weight excluding hydrogens is 208 g/mol. The number of alkyl halides is 1. The third-order valence-electron chi connectivity index (χ3n) is 2.78. The molecule has 0 spiro atoms. The van der Waals surface area contributed by atoms with E-state index < -0.39 is 0 Å². The summed E-state index contributed by atoms with van der Waals surface area (Å²) in [5.74, 6) is 2.13. The zero-order valence-electron chi connectivity index (χ0n) is 9.72. The Morgan fingerprint density at radius 3 is 2.67 bits per heavy atom. The molecular formula is C13H19ClO. The standard InChI is InChI=1S/C13H19ClO/c1-4-11-5-6-13(15-3)12(9-11)10(2)7-8-14/h5-6,9-10H,4,7-8H2,1-3H3. The molecule has 15 heavy (non-hydrogen) atoms. The minimum Gasteiger partial charge on any atom is -0.496 e. The molecule has 0 heterocycles. The first-order valence-corrected chi connectivity index (χ1v) is 5.99. The van der Waals surface area contributed by atoms with Crippen molar-refractivity contribution in [2.45, 2.75) is 32.6 Å². The number of hydrogen-bond acceptors (Lipinski definition) is 1. The number of aryl methyl sites for hydroxylation is 1. The molecule has 0 saturated carbocycles. The van der Waals surface area contributed by atoms with Crippen LogP contribution >= 0.6 is 11.6 Å². The summed E-state index contributed by atoms with van der Waals surface area (Å²) >= 11 is 5.77. The Balaban J connectivity index is 3.00. The van der Waals surface area contributed by atoms with Crippen LogP contribution in [0.15, 0.2) is 18.2 Å². The number of benzene rings is 1. The first-order valence-electron chi connectivity index (χ1n) is 5.45. The number of methoxy groups -OCH3 is 1. The first kappa shape index (κ1) is 12.4. The average molecular weight is 227 g/mol. The monoisotopic (exact) mass is 226 g/mol. The largest absolute Gasteiger partial charge is 0.496 e. The Hall–Kier alpha value is -0.690. The van der Waals surface area contributed by atoms with E-state index in [9.17, 15) is 0 Å². The topological polar surface area (TPSA) is 9.23 Å². The van der Waals surface area contributed by atoms with Crippen molar-refractivity contribution < 1.29 is 4.74 Å². The molecule has 1 aromatic carbocycles. The van der Waals surface area contributed by atoms with Crippen LogP contribution in [0, 0.1) is 0 Å². The summed E-state index contributed by atoms with van der Waals surface area (Å²) in [6.07, 6.45) is 2.05. The van der Waals surface area contributed by atoms with Crippen molar-refractivity contribution in [3.63, 3.8) is 0 Å². The summed E-state index contributed by atoms with van der Waals surface area (Å²) in [6.45, 7) is 4.36. The Bertz CT molecular complexity index is 309. The third kappa shape index (κ3) is 3.13. The second-order valence-electron chi connectivity index (χ2n) is 3.81. The van der Waals surface area contributed by atoms with E-state index in [1.54, 1.807) is 7.11 Å². The lowest BCUT2D eigenvalue weighted by molar-refractivity contribution is 0.406. The van der Waals surface area contributed by atoms with Gasteiger partial charge in [-0.1, -0.05) is 26.0 Å². The van der Waals surface area contributed by atoms with E-state index in [0.717, 1.165) is 18.6 Å². The molecule has 0 N–H and O–H groups in total. The van der Waals surface area contributed by atoms with Crippen LogP contribution in [0.2, 0.25) is 0 Å². The fourth-order valence-electron chi connectivity index (χ4n) is 1.71. The number of rotatable bonds is 5. The number of halogens is 1.